The van der Waals surface area contributed by atoms with Crippen LogP contribution >= 0.6 is 0 Å². The Morgan fingerprint density at radius 2 is 1.93 bits per heavy atom. The monoisotopic (exact) mass is 399 g/mol. The quantitative estimate of drug-likeness (QED) is 0.617. The summed E-state index contributed by atoms with van der Waals surface area (Å²) in [5, 5.41) is 0.0381. The van der Waals surface area contributed by atoms with Crippen LogP contribution in [-0.4, -0.2) is 38.8 Å². The van der Waals surface area contributed by atoms with Crippen LogP contribution in [0, 0.1) is 5.92 Å². The second-order valence-electron chi connectivity index (χ2n) is 8.86. The first kappa shape index (κ1) is 21.8. The normalized spacial score (nSPS) is 15.8. The molecule has 0 spiro atoms. The van der Waals surface area contributed by atoms with Crippen LogP contribution in [0.25, 0.3) is 0 Å². The third-order valence-electron chi connectivity index (χ3n) is 5.66. The highest BCUT2D eigenvalue weighted by Crippen LogP contribution is 2.38. The van der Waals surface area contributed by atoms with Gasteiger partial charge in [-0.05, 0) is 48.2 Å². The number of hydrogen-bond acceptors (Lipinski definition) is 3. The van der Waals surface area contributed by atoms with Gasteiger partial charge in [-0.1, -0.05) is 26.8 Å². The molecule has 27 heavy (non-hydrogen) atoms. The van der Waals surface area contributed by atoms with E-state index in [1.54, 1.807) is 17.9 Å². The molecular weight excluding hydrogens is 368 g/mol. The first-order valence-electron chi connectivity index (χ1n) is 9.35. The van der Waals surface area contributed by atoms with Gasteiger partial charge in [0, 0.05) is 25.6 Å². The number of halogens is 2. The second-order valence-corrected chi connectivity index (χ2v) is 13.7. The van der Waals surface area contributed by atoms with E-state index in [1.807, 2.05) is 12.1 Å². The summed E-state index contributed by atoms with van der Waals surface area (Å²) in [6.45, 7) is 11.2. The molecule has 1 heterocycles. The van der Waals surface area contributed by atoms with Crippen molar-refractivity contribution in [2.45, 2.75) is 65.5 Å². The molecular formula is C20H31F2NO3Si. The van der Waals surface area contributed by atoms with Crippen molar-refractivity contribution in [3.8, 4) is 5.75 Å². The van der Waals surface area contributed by atoms with Crippen LogP contribution in [0.1, 0.15) is 38.8 Å². The maximum Gasteiger partial charge on any atom is 0.387 e. The van der Waals surface area contributed by atoms with Crippen LogP contribution in [-0.2, 0) is 22.2 Å². The maximum atomic E-state index is 12.8. The largest absolute Gasteiger partial charge is 0.434 e. The highest BCUT2D eigenvalue weighted by Gasteiger charge is 2.37. The fraction of sp³-hybridized carbons (Fsp3) is 0.650. The Kier molecular flexibility index (Phi) is 6.68. The van der Waals surface area contributed by atoms with E-state index in [2.05, 4.69) is 33.9 Å². The summed E-state index contributed by atoms with van der Waals surface area (Å²) >= 11 is 0. The number of nitrogens with zero attached hydrogens (tertiary/aromatic N) is 1. The summed E-state index contributed by atoms with van der Waals surface area (Å²) in [5.74, 6) is 0.673. The minimum Gasteiger partial charge on any atom is -0.434 e. The molecule has 1 aromatic carbocycles. The smallest absolute Gasteiger partial charge is 0.387 e. The van der Waals surface area contributed by atoms with E-state index in [0.29, 0.717) is 11.5 Å². The van der Waals surface area contributed by atoms with Gasteiger partial charge in [-0.2, -0.15) is 8.78 Å². The van der Waals surface area contributed by atoms with Gasteiger partial charge < -0.3 is 14.1 Å². The Labute approximate surface area is 162 Å². The van der Waals surface area contributed by atoms with E-state index in [1.165, 1.54) is 0 Å². The lowest BCUT2D eigenvalue weighted by Crippen LogP contribution is -2.49. The lowest BCUT2D eigenvalue weighted by atomic mass is 9.91. The molecule has 0 unspecified atom stereocenters. The summed E-state index contributed by atoms with van der Waals surface area (Å²) in [6, 6.07) is 5.33. The number of alkyl halides is 2. The molecule has 1 aromatic rings. The third kappa shape index (κ3) is 5.75. The van der Waals surface area contributed by atoms with Gasteiger partial charge in [-0.15, -0.1) is 0 Å². The number of benzene rings is 1. The number of ether oxygens (including phenoxy) is 1. The van der Waals surface area contributed by atoms with Crippen molar-refractivity contribution in [3.63, 3.8) is 0 Å². The number of rotatable bonds is 7. The zero-order chi connectivity index (χ0) is 20.4. The van der Waals surface area contributed by atoms with E-state index in [0.717, 1.165) is 25.1 Å². The van der Waals surface area contributed by atoms with Crippen molar-refractivity contribution >= 4 is 14.2 Å². The fourth-order valence-electron chi connectivity index (χ4n) is 2.85. The zero-order valence-corrected chi connectivity index (χ0v) is 18.1. The van der Waals surface area contributed by atoms with Gasteiger partial charge in [0.1, 0.15) is 5.75 Å². The number of carbonyl (C=O) groups is 1. The first-order valence-corrected chi connectivity index (χ1v) is 12.3. The van der Waals surface area contributed by atoms with Crippen LogP contribution < -0.4 is 4.74 Å². The van der Waals surface area contributed by atoms with E-state index in [-0.39, 0.29) is 23.3 Å². The Morgan fingerprint density at radius 3 is 2.44 bits per heavy atom. The molecule has 1 aliphatic rings. The van der Waals surface area contributed by atoms with Gasteiger partial charge in [0.05, 0.1) is 6.61 Å². The molecule has 0 bridgehead atoms. The molecule has 7 heteroatoms. The van der Waals surface area contributed by atoms with Gasteiger partial charge in [-0.25, -0.2) is 0 Å². The van der Waals surface area contributed by atoms with Crippen LogP contribution in [0.4, 0.5) is 8.78 Å². The Balaban J connectivity index is 2.11. The van der Waals surface area contributed by atoms with Crippen LogP contribution in [0.2, 0.25) is 18.1 Å². The lowest BCUT2D eigenvalue weighted by Gasteiger charge is -2.39. The van der Waals surface area contributed by atoms with Crippen molar-refractivity contribution in [3.05, 3.63) is 29.3 Å². The molecule has 0 radical (unpaired) electrons. The predicted molar refractivity (Wildman–Crippen MR) is 105 cm³/mol. The minimum atomic E-state index is -2.86. The molecule has 0 atom stereocenters. The molecule has 1 aliphatic heterocycles. The van der Waals surface area contributed by atoms with Gasteiger partial charge in [-0.3, -0.25) is 4.79 Å². The highest BCUT2D eigenvalue weighted by atomic mass is 28.4. The van der Waals surface area contributed by atoms with Crippen molar-refractivity contribution in [1.29, 1.82) is 0 Å². The van der Waals surface area contributed by atoms with Gasteiger partial charge >= 0.3 is 6.61 Å². The van der Waals surface area contributed by atoms with Crippen LogP contribution in [0.15, 0.2) is 18.2 Å². The Hall–Kier alpha value is -1.47. The SMILES string of the molecule is CC(=O)N1CC(Cc2ccc(OC(F)F)c(CO[Si](C)(C)C(C)(C)C)c2)C1. The summed E-state index contributed by atoms with van der Waals surface area (Å²) < 4.78 is 36.4. The van der Waals surface area contributed by atoms with E-state index < -0.39 is 14.9 Å². The van der Waals surface area contributed by atoms with Crippen LogP contribution in [0.5, 0.6) is 5.75 Å². The predicted octanol–water partition coefficient (Wildman–Crippen LogP) is 4.83. The molecule has 4 nitrogen and oxygen atoms in total. The molecule has 0 aliphatic carbocycles. The molecule has 2 rings (SSSR count). The van der Waals surface area contributed by atoms with Gasteiger partial charge in [0.15, 0.2) is 8.32 Å². The van der Waals surface area contributed by atoms with Crippen molar-refractivity contribution < 1.29 is 22.7 Å². The van der Waals surface area contributed by atoms with Crippen LogP contribution in [0.3, 0.4) is 0 Å². The molecule has 0 N–H and O–H groups in total. The van der Waals surface area contributed by atoms with Gasteiger partial charge in [0.25, 0.3) is 0 Å². The standard InChI is InChI=1S/C20H31F2NO3Si/c1-14(24)23-11-16(12-23)9-15-7-8-18(26-19(21)22)17(10-15)13-25-27(5,6)20(2,3)4/h7-8,10,16,19H,9,11-13H2,1-6H3. The average molecular weight is 400 g/mol. The number of amides is 1. The lowest BCUT2D eigenvalue weighted by molar-refractivity contribution is -0.134. The maximum absolute atomic E-state index is 12.8. The molecule has 0 saturated carbocycles. The van der Waals surface area contributed by atoms with E-state index in [4.69, 9.17) is 9.16 Å². The molecule has 1 saturated heterocycles. The molecule has 1 amide bonds. The summed E-state index contributed by atoms with van der Waals surface area (Å²) in [5.41, 5.74) is 1.71. The summed E-state index contributed by atoms with van der Waals surface area (Å²) in [4.78, 5) is 13.1. The Morgan fingerprint density at radius 1 is 1.30 bits per heavy atom. The zero-order valence-electron chi connectivity index (χ0n) is 17.1. The van der Waals surface area contributed by atoms with E-state index in [9.17, 15) is 13.6 Å². The molecule has 1 fully saturated rings. The van der Waals surface area contributed by atoms with Crippen molar-refractivity contribution in [2.75, 3.05) is 13.1 Å². The molecule has 0 aromatic heterocycles. The van der Waals surface area contributed by atoms with E-state index >= 15 is 0 Å². The third-order valence-corrected chi connectivity index (χ3v) is 10.1. The molecule has 152 valence electrons. The minimum absolute atomic E-state index is 0.0381. The Bertz CT molecular complexity index is 668. The number of likely N-dealkylation sites (tertiary alicyclic amines) is 1. The number of carbonyl (C=O) groups excluding carboxylic acids is 1. The number of hydrogen-bond donors (Lipinski definition) is 0. The summed E-state index contributed by atoms with van der Waals surface area (Å²) in [6.07, 6.45) is 0.811. The topological polar surface area (TPSA) is 38.8 Å². The van der Waals surface area contributed by atoms with Gasteiger partial charge in [0.2, 0.25) is 5.91 Å². The average Bonchev–Trinajstić information content (AvgIpc) is 2.48. The highest BCUT2D eigenvalue weighted by molar-refractivity contribution is 6.74. The summed E-state index contributed by atoms with van der Waals surface area (Å²) in [7, 11) is -2.00. The second kappa shape index (κ2) is 8.27. The van der Waals surface area contributed by atoms with Crippen molar-refractivity contribution in [2.24, 2.45) is 5.92 Å². The first-order chi connectivity index (χ1) is 12.4. The van der Waals surface area contributed by atoms with Crippen molar-refractivity contribution in [1.82, 2.24) is 4.90 Å². The fourth-order valence-corrected chi connectivity index (χ4v) is 3.80.